The average Bonchev–Trinajstić information content (AvgIpc) is 2.85. The van der Waals surface area contributed by atoms with Crippen molar-refractivity contribution >= 4 is 34.7 Å². The molecule has 1 aromatic carbocycles. The van der Waals surface area contributed by atoms with Crippen LogP contribution < -0.4 is 5.73 Å². The van der Waals surface area contributed by atoms with Gasteiger partial charge in [-0.15, -0.1) is 11.3 Å². The zero-order valence-corrected chi connectivity index (χ0v) is 12.5. The number of thiazole rings is 1. The molecule has 5 heteroatoms. The molecule has 2 N–H and O–H groups in total. The van der Waals surface area contributed by atoms with E-state index in [2.05, 4.69) is 18.0 Å². The highest BCUT2D eigenvalue weighted by atomic mass is 35.5. The van der Waals surface area contributed by atoms with E-state index in [0.29, 0.717) is 0 Å². The van der Waals surface area contributed by atoms with Crippen LogP contribution in [0.1, 0.15) is 18.9 Å². The second kappa shape index (κ2) is 6.57. The summed E-state index contributed by atoms with van der Waals surface area (Å²) in [4.78, 5) is 5.28. The summed E-state index contributed by atoms with van der Waals surface area (Å²) >= 11 is 9.50. The van der Waals surface area contributed by atoms with Gasteiger partial charge in [0.1, 0.15) is 0 Å². The zero-order chi connectivity index (χ0) is 13.0. The summed E-state index contributed by atoms with van der Waals surface area (Å²) in [6.45, 7) is 2.10. The van der Waals surface area contributed by atoms with E-state index in [-0.39, 0.29) is 6.04 Å². The Labute approximate surface area is 121 Å². The molecule has 0 radical (unpaired) electrons. The molecule has 0 spiro atoms. The molecule has 0 saturated heterocycles. The molecule has 96 valence electrons. The van der Waals surface area contributed by atoms with Crippen LogP contribution in [0.25, 0.3) is 0 Å². The van der Waals surface area contributed by atoms with Gasteiger partial charge in [-0.1, -0.05) is 36.4 Å². The van der Waals surface area contributed by atoms with Crippen molar-refractivity contribution in [3.05, 3.63) is 40.4 Å². The van der Waals surface area contributed by atoms with Crippen LogP contribution in [0.2, 0.25) is 5.02 Å². The minimum atomic E-state index is 0.207. The van der Waals surface area contributed by atoms with Gasteiger partial charge >= 0.3 is 0 Å². The van der Waals surface area contributed by atoms with Crippen molar-refractivity contribution in [3.63, 3.8) is 0 Å². The van der Waals surface area contributed by atoms with Gasteiger partial charge in [-0.05, 0) is 30.5 Å². The van der Waals surface area contributed by atoms with Gasteiger partial charge in [-0.2, -0.15) is 0 Å². The smallest absolute Gasteiger partial charge is 0.154 e. The number of benzene rings is 1. The van der Waals surface area contributed by atoms with Crippen molar-refractivity contribution < 1.29 is 0 Å². The Kier molecular flexibility index (Phi) is 5.06. The summed E-state index contributed by atoms with van der Waals surface area (Å²) < 4.78 is 1.01. The minimum absolute atomic E-state index is 0.207. The predicted molar refractivity (Wildman–Crippen MR) is 79.7 cm³/mol. The van der Waals surface area contributed by atoms with Crippen LogP contribution in [0, 0.1) is 0 Å². The highest BCUT2D eigenvalue weighted by molar-refractivity contribution is 8.01. The Hall–Kier alpha value is -0.550. The van der Waals surface area contributed by atoms with Gasteiger partial charge in [0.15, 0.2) is 4.34 Å². The standard InChI is InChI=1S/C13H15ClN2S2/c1-2-10(15)7-9-3-4-12(11(14)8-9)18-13-16-5-6-17-13/h3-6,8,10H,2,7,15H2,1H3. The summed E-state index contributed by atoms with van der Waals surface area (Å²) in [5, 5.41) is 2.74. The maximum atomic E-state index is 6.29. The monoisotopic (exact) mass is 298 g/mol. The number of nitrogens with two attached hydrogens (primary N) is 1. The molecule has 18 heavy (non-hydrogen) atoms. The molecule has 1 aromatic heterocycles. The molecular weight excluding hydrogens is 284 g/mol. The topological polar surface area (TPSA) is 38.9 Å². The summed E-state index contributed by atoms with van der Waals surface area (Å²) in [6.07, 6.45) is 3.65. The van der Waals surface area contributed by atoms with Crippen LogP contribution in [-0.4, -0.2) is 11.0 Å². The fourth-order valence-electron chi connectivity index (χ4n) is 1.56. The van der Waals surface area contributed by atoms with Crippen molar-refractivity contribution in [1.82, 2.24) is 4.98 Å². The molecule has 1 unspecified atom stereocenters. The number of halogens is 1. The van der Waals surface area contributed by atoms with E-state index >= 15 is 0 Å². The first-order valence-corrected chi connectivity index (χ1v) is 7.87. The number of hydrogen-bond acceptors (Lipinski definition) is 4. The number of nitrogens with zero attached hydrogens (tertiary/aromatic N) is 1. The third-order valence-electron chi connectivity index (χ3n) is 2.63. The maximum Gasteiger partial charge on any atom is 0.154 e. The molecular formula is C13H15ClN2S2. The molecule has 2 rings (SSSR count). The molecule has 0 saturated carbocycles. The Morgan fingerprint density at radius 2 is 2.33 bits per heavy atom. The fourth-order valence-corrected chi connectivity index (χ4v) is 3.46. The van der Waals surface area contributed by atoms with Crippen LogP contribution in [0.5, 0.6) is 0 Å². The highest BCUT2D eigenvalue weighted by Crippen LogP contribution is 2.34. The Morgan fingerprint density at radius 3 is 2.94 bits per heavy atom. The van der Waals surface area contributed by atoms with Crippen molar-refractivity contribution in [2.75, 3.05) is 0 Å². The molecule has 0 aliphatic carbocycles. The van der Waals surface area contributed by atoms with Crippen molar-refractivity contribution in [1.29, 1.82) is 0 Å². The largest absolute Gasteiger partial charge is 0.327 e. The van der Waals surface area contributed by atoms with Gasteiger partial charge in [0, 0.05) is 22.5 Å². The summed E-state index contributed by atoms with van der Waals surface area (Å²) in [5.74, 6) is 0. The second-order valence-corrected chi connectivity index (χ2v) is 6.63. The van der Waals surface area contributed by atoms with Gasteiger partial charge < -0.3 is 5.73 Å². The molecule has 0 amide bonds. The quantitative estimate of drug-likeness (QED) is 0.898. The average molecular weight is 299 g/mol. The van der Waals surface area contributed by atoms with Gasteiger partial charge in [0.2, 0.25) is 0 Å². The Balaban J connectivity index is 2.10. The number of aromatic nitrogens is 1. The third kappa shape index (κ3) is 3.72. The Bertz CT molecular complexity index is 500. The maximum absolute atomic E-state index is 6.29. The summed E-state index contributed by atoms with van der Waals surface area (Å²) in [7, 11) is 0. The van der Waals surface area contributed by atoms with Crippen LogP contribution >= 0.6 is 34.7 Å². The third-order valence-corrected chi connectivity index (χ3v) is 5.01. The van der Waals surface area contributed by atoms with Crippen LogP contribution in [0.4, 0.5) is 0 Å². The predicted octanol–water partition coefficient (Wildman–Crippen LogP) is 4.23. The van der Waals surface area contributed by atoms with Gasteiger partial charge in [0.25, 0.3) is 0 Å². The Morgan fingerprint density at radius 1 is 1.50 bits per heavy atom. The lowest BCUT2D eigenvalue weighted by molar-refractivity contribution is 0.646. The molecule has 2 aromatic rings. The van der Waals surface area contributed by atoms with E-state index in [0.717, 1.165) is 27.1 Å². The lowest BCUT2D eigenvalue weighted by Crippen LogP contribution is -2.21. The van der Waals surface area contributed by atoms with Crippen LogP contribution in [-0.2, 0) is 6.42 Å². The first-order valence-electron chi connectivity index (χ1n) is 5.80. The zero-order valence-electron chi connectivity index (χ0n) is 10.1. The molecule has 0 aliphatic heterocycles. The number of hydrogen-bond donors (Lipinski definition) is 1. The van der Waals surface area contributed by atoms with Crippen molar-refractivity contribution in [2.24, 2.45) is 5.73 Å². The van der Waals surface area contributed by atoms with E-state index in [4.69, 9.17) is 17.3 Å². The minimum Gasteiger partial charge on any atom is -0.327 e. The molecule has 2 nitrogen and oxygen atoms in total. The van der Waals surface area contributed by atoms with E-state index < -0.39 is 0 Å². The summed E-state index contributed by atoms with van der Waals surface area (Å²) in [6, 6.07) is 6.36. The SMILES string of the molecule is CCC(N)Cc1ccc(Sc2nccs2)c(Cl)c1. The van der Waals surface area contributed by atoms with Crippen LogP contribution in [0.15, 0.2) is 39.0 Å². The second-order valence-electron chi connectivity index (χ2n) is 4.04. The summed E-state index contributed by atoms with van der Waals surface area (Å²) in [5.41, 5.74) is 7.14. The lowest BCUT2D eigenvalue weighted by Gasteiger charge is -2.10. The van der Waals surface area contributed by atoms with E-state index in [1.807, 2.05) is 17.5 Å². The highest BCUT2D eigenvalue weighted by Gasteiger charge is 2.07. The molecule has 1 atom stereocenters. The van der Waals surface area contributed by atoms with Crippen LogP contribution in [0.3, 0.4) is 0 Å². The van der Waals surface area contributed by atoms with Crippen molar-refractivity contribution in [2.45, 2.75) is 35.0 Å². The van der Waals surface area contributed by atoms with Gasteiger partial charge in [0.05, 0.1) is 5.02 Å². The van der Waals surface area contributed by atoms with E-state index in [1.165, 1.54) is 5.56 Å². The number of rotatable bonds is 5. The van der Waals surface area contributed by atoms with Crippen molar-refractivity contribution in [3.8, 4) is 0 Å². The normalized spacial score (nSPS) is 12.6. The first-order chi connectivity index (χ1) is 8.69. The first kappa shape index (κ1) is 13.9. The molecule has 0 aliphatic rings. The molecule has 0 fully saturated rings. The van der Waals surface area contributed by atoms with E-state index in [1.54, 1.807) is 29.3 Å². The lowest BCUT2D eigenvalue weighted by atomic mass is 10.1. The molecule has 0 bridgehead atoms. The van der Waals surface area contributed by atoms with E-state index in [9.17, 15) is 0 Å². The van der Waals surface area contributed by atoms with Gasteiger partial charge in [-0.25, -0.2) is 4.98 Å². The van der Waals surface area contributed by atoms with Gasteiger partial charge in [-0.3, -0.25) is 0 Å². The molecule has 1 heterocycles. The fraction of sp³-hybridized carbons (Fsp3) is 0.308.